The van der Waals surface area contributed by atoms with Crippen molar-refractivity contribution >= 4 is 5.69 Å². The van der Waals surface area contributed by atoms with E-state index >= 15 is 0 Å². The Morgan fingerprint density at radius 3 is 2.40 bits per heavy atom. The predicted octanol–water partition coefficient (Wildman–Crippen LogP) is 1.83. The van der Waals surface area contributed by atoms with Crippen molar-refractivity contribution in [3.05, 3.63) is 24.0 Å². The molecule has 0 atom stereocenters. The Bertz CT molecular complexity index is 263. The summed E-state index contributed by atoms with van der Waals surface area (Å²) in [5, 5.41) is 3.33. The minimum atomic E-state index is 1.08. The highest BCUT2D eigenvalue weighted by Gasteiger charge is 2.09. The van der Waals surface area contributed by atoms with E-state index in [9.17, 15) is 0 Å². The molecule has 0 saturated carbocycles. The molecular weight excluding hydrogens is 186 g/mol. The van der Waals surface area contributed by atoms with Gasteiger partial charge in [0.25, 0.3) is 0 Å². The Labute approximate surface area is 92.5 Å². The Morgan fingerprint density at radius 1 is 1.20 bits per heavy atom. The summed E-state index contributed by atoms with van der Waals surface area (Å²) in [6.07, 6.45) is 1.96. The van der Waals surface area contributed by atoms with Crippen LogP contribution in [0.4, 0.5) is 5.69 Å². The third-order valence-corrected chi connectivity index (χ3v) is 2.38. The lowest BCUT2D eigenvalue weighted by Gasteiger charge is -2.29. The Balaban J connectivity index is 0.000000531. The van der Waals surface area contributed by atoms with Gasteiger partial charge in [0.2, 0.25) is 0 Å². The number of rotatable bonds is 1. The number of pyridine rings is 1. The van der Waals surface area contributed by atoms with Crippen molar-refractivity contribution in [1.82, 2.24) is 10.3 Å². The maximum atomic E-state index is 4.29. The summed E-state index contributed by atoms with van der Waals surface area (Å²) in [5.74, 6) is 0. The zero-order valence-electron chi connectivity index (χ0n) is 9.95. The first kappa shape index (κ1) is 12.0. The Morgan fingerprint density at radius 2 is 1.87 bits per heavy atom. The largest absolute Gasteiger partial charge is 0.368 e. The molecule has 0 spiro atoms. The van der Waals surface area contributed by atoms with Crippen LogP contribution in [0.3, 0.4) is 0 Å². The highest BCUT2D eigenvalue weighted by molar-refractivity contribution is 5.44. The number of aromatic nitrogens is 1. The van der Waals surface area contributed by atoms with Crippen molar-refractivity contribution in [3.8, 4) is 0 Å². The summed E-state index contributed by atoms with van der Waals surface area (Å²) in [5.41, 5.74) is 2.32. The summed E-state index contributed by atoms with van der Waals surface area (Å²) in [6.45, 7) is 10.3. The fourth-order valence-corrected chi connectivity index (χ4v) is 1.57. The molecule has 84 valence electrons. The van der Waals surface area contributed by atoms with E-state index < -0.39 is 0 Å². The van der Waals surface area contributed by atoms with Gasteiger partial charge < -0.3 is 10.2 Å². The van der Waals surface area contributed by atoms with Crippen molar-refractivity contribution in [3.63, 3.8) is 0 Å². The van der Waals surface area contributed by atoms with Gasteiger partial charge in [-0.2, -0.15) is 0 Å². The van der Waals surface area contributed by atoms with Crippen LogP contribution in [0, 0.1) is 6.92 Å². The van der Waals surface area contributed by atoms with Crippen LogP contribution in [0.1, 0.15) is 19.5 Å². The Kier molecular flexibility index (Phi) is 5.12. The second-order valence-electron chi connectivity index (χ2n) is 3.39. The standard InChI is InChI=1S/C10H15N3.C2H6/c1-9-2-3-10(8-12-9)13-6-4-11-5-7-13;1-2/h2-3,8,11H,4-7H2,1H3;1-2H3. The predicted molar refractivity (Wildman–Crippen MR) is 65.4 cm³/mol. The number of hydrogen-bond acceptors (Lipinski definition) is 3. The number of aryl methyl sites for hydroxylation is 1. The fraction of sp³-hybridized carbons (Fsp3) is 0.583. The van der Waals surface area contributed by atoms with E-state index in [4.69, 9.17) is 0 Å². The van der Waals surface area contributed by atoms with E-state index in [1.165, 1.54) is 5.69 Å². The number of anilines is 1. The molecule has 0 amide bonds. The average molecular weight is 207 g/mol. The zero-order valence-corrected chi connectivity index (χ0v) is 9.95. The van der Waals surface area contributed by atoms with Gasteiger partial charge in [0.1, 0.15) is 0 Å². The molecule has 1 fully saturated rings. The molecule has 1 aliphatic heterocycles. The molecule has 0 radical (unpaired) electrons. The number of nitrogens with one attached hydrogen (secondary N) is 1. The zero-order chi connectivity index (χ0) is 11.1. The van der Waals surface area contributed by atoms with Gasteiger partial charge in [-0.25, -0.2) is 0 Å². The van der Waals surface area contributed by atoms with Gasteiger partial charge in [0.05, 0.1) is 11.9 Å². The van der Waals surface area contributed by atoms with Crippen molar-refractivity contribution < 1.29 is 0 Å². The first-order chi connectivity index (χ1) is 7.36. The van der Waals surface area contributed by atoms with Gasteiger partial charge >= 0.3 is 0 Å². The van der Waals surface area contributed by atoms with Gasteiger partial charge in [-0.1, -0.05) is 13.8 Å². The lowest BCUT2D eigenvalue weighted by atomic mass is 10.3. The third-order valence-electron chi connectivity index (χ3n) is 2.38. The van der Waals surface area contributed by atoms with E-state index in [1.54, 1.807) is 0 Å². The van der Waals surface area contributed by atoms with Crippen LogP contribution in [-0.4, -0.2) is 31.2 Å². The second kappa shape index (κ2) is 6.40. The molecule has 0 aromatic carbocycles. The maximum absolute atomic E-state index is 4.29. The minimum Gasteiger partial charge on any atom is -0.368 e. The van der Waals surface area contributed by atoms with Crippen LogP contribution >= 0.6 is 0 Å². The molecule has 1 aromatic heterocycles. The lowest BCUT2D eigenvalue weighted by molar-refractivity contribution is 0.588. The number of hydrogen-bond donors (Lipinski definition) is 1. The fourth-order valence-electron chi connectivity index (χ4n) is 1.57. The molecule has 3 nitrogen and oxygen atoms in total. The van der Waals surface area contributed by atoms with E-state index in [-0.39, 0.29) is 0 Å². The van der Waals surface area contributed by atoms with Crippen molar-refractivity contribution in [1.29, 1.82) is 0 Å². The van der Waals surface area contributed by atoms with Crippen molar-refractivity contribution in [2.24, 2.45) is 0 Å². The molecule has 2 rings (SSSR count). The molecule has 2 heterocycles. The van der Waals surface area contributed by atoms with Crippen LogP contribution in [0.25, 0.3) is 0 Å². The molecule has 15 heavy (non-hydrogen) atoms. The highest BCUT2D eigenvalue weighted by Crippen LogP contribution is 2.12. The van der Waals surface area contributed by atoms with Crippen molar-refractivity contribution in [2.45, 2.75) is 20.8 Å². The lowest BCUT2D eigenvalue weighted by Crippen LogP contribution is -2.43. The van der Waals surface area contributed by atoms with E-state index in [0.29, 0.717) is 0 Å². The molecule has 0 unspecified atom stereocenters. The third kappa shape index (κ3) is 3.51. The van der Waals surface area contributed by atoms with Crippen LogP contribution in [-0.2, 0) is 0 Å². The average Bonchev–Trinajstić information content (AvgIpc) is 2.34. The van der Waals surface area contributed by atoms with Crippen LogP contribution < -0.4 is 10.2 Å². The molecule has 1 saturated heterocycles. The second-order valence-corrected chi connectivity index (χ2v) is 3.39. The first-order valence-corrected chi connectivity index (χ1v) is 5.74. The highest BCUT2D eigenvalue weighted by atomic mass is 15.2. The Hall–Kier alpha value is -1.09. The summed E-state index contributed by atoms with van der Waals surface area (Å²) in [4.78, 5) is 6.66. The molecule has 1 aliphatic rings. The van der Waals surface area contributed by atoms with Crippen LogP contribution in [0.5, 0.6) is 0 Å². The summed E-state index contributed by atoms with van der Waals surface area (Å²) < 4.78 is 0. The van der Waals surface area contributed by atoms with E-state index in [1.807, 2.05) is 27.0 Å². The number of piperazine rings is 1. The molecule has 0 aliphatic carbocycles. The normalized spacial score (nSPS) is 15.5. The van der Waals surface area contributed by atoms with Gasteiger partial charge in [-0.05, 0) is 19.1 Å². The number of nitrogens with zero attached hydrogens (tertiary/aromatic N) is 2. The SMILES string of the molecule is CC.Cc1ccc(N2CCNCC2)cn1. The smallest absolute Gasteiger partial charge is 0.0553 e. The summed E-state index contributed by atoms with van der Waals surface area (Å²) in [6, 6.07) is 4.21. The molecule has 1 aromatic rings. The summed E-state index contributed by atoms with van der Waals surface area (Å²) in [7, 11) is 0. The maximum Gasteiger partial charge on any atom is 0.0553 e. The first-order valence-electron chi connectivity index (χ1n) is 5.74. The van der Waals surface area contributed by atoms with Crippen LogP contribution in [0.2, 0.25) is 0 Å². The topological polar surface area (TPSA) is 28.2 Å². The van der Waals surface area contributed by atoms with Crippen molar-refractivity contribution in [2.75, 3.05) is 31.1 Å². The van der Waals surface area contributed by atoms with Gasteiger partial charge in [-0.15, -0.1) is 0 Å². The molecular formula is C12H21N3. The van der Waals surface area contributed by atoms with E-state index in [0.717, 1.165) is 31.9 Å². The van der Waals surface area contributed by atoms with E-state index in [2.05, 4.69) is 27.3 Å². The quantitative estimate of drug-likeness (QED) is 0.761. The minimum absolute atomic E-state index is 1.08. The van der Waals surface area contributed by atoms with Gasteiger partial charge in [0.15, 0.2) is 0 Å². The van der Waals surface area contributed by atoms with Crippen LogP contribution in [0.15, 0.2) is 18.3 Å². The summed E-state index contributed by atoms with van der Waals surface area (Å²) >= 11 is 0. The monoisotopic (exact) mass is 207 g/mol. The molecule has 0 bridgehead atoms. The van der Waals surface area contributed by atoms with Gasteiger partial charge in [-0.3, -0.25) is 4.98 Å². The molecule has 3 heteroatoms. The van der Waals surface area contributed by atoms with Gasteiger partial charge in [0, 0.05) is 31.9 Å². The molecule has 1 N–H and O–H groups in total.